The second-order valence-corrected chi connectivity index (χ2v) is 5.37. The summed E-state index contributed by atoms with van der Waals surface area (Å²) >= 11 is 3.43. The maximum atomic E-state index is 6.29. The molecule has 0 heterocycles. The highest BCUT2D eigenvalue weighted by atomic mass is 79.9. The molecule has 2 heteroatoms. The Morgan fingerprint density at radius 1 is 0.882 bits per heavy atom. The Labute approximate surface area is 111 Å². The standard InChI is InChI=1S/C15H16BrN/c1-10-7-11(2)9-13(8-10)15(17)12-3-5-14(16)6-4-12/h3-9,15H,17H2,1-2H3. The van der Waals surface area contributed by atoms with Gasteiger partial charge in [-0.25, -0.2) is 0 Å². The van der Waals surface area contributed by atoms with Crippen LogP contribution < -0.4 is 5.73 Å². The van der Waals surface area contributed by atoms with Crippen LogP contribution in [0.1, 0.15) is 28.3 Å². The molecule has 1 nitrogen and oxygen atoms in total. The topological polar surface area (TPSA) is 26.0 Å². The number of hydrogen-bond acceptors (Lipinski definition) is 1. The molecule has 2 aromatic carbocycles. The van der Waals surface area contributed by atoms with Crippen LogP contribution in [-0.2, 0) is 0 Å². The van der Waals surface area contributed by atoms with Crippen LogP contribution in [0.15, 0.2) is 46.9 Å². The normalized spacial score (nSPS) is 12.5. The predicted molar refractivity (Wildman–Crippen MR) is 76.1 cm³/mol. The molecule has 2 aromatic rings. The van der Waals surface area contributed by atoms with E-state index >= 15 is 0 Å². The van der Waals surface area contributed by atoms with Crippen molar-refractivity contribution in [3.05, 3.63) is 69.2 Å². The Balaban J connectivity index is 2.36. The lowest BCUT2D eigenvalue weighted by atomic mass is 9.96. The number of hydrogen-bond donors (Lipinski definition) is 1. The van der Waals surface area contributed by atoms with E-state index in [1.54, 1.807) is 0 Å². The highest BCUT2D eigenvalue weighted by Crippen LogP contribution is 2.23. The average molecular weight is 290 g/mol. The van der Waals surface area contributed by atoms with Gasteiger partial charge in [0, 0.05) is 4.47 Å². The van der Waals surface area contributed by atoms with E-state index in [-0.39, 0.29) is 6.04 Å². The van der Waals surface area contributed by atoms with Gasteiger partial charge in [-0.2, -0.15) is 0 Å². The fraction of sp³-hybridized carbons (Fsp3) is 0.200. The zero-order valence-electron chi connectivity index (χ0n) is 10.1. The SMILES string of the molecule is Cc1cc(C)cc(C(N)c2ccc(Br)cc2)c1. The fourth-order valence-electron chi connectivity index (χ4n) is 2.05. The summed E-state index contributed by atoms with van der Waals surface area (Å²) in [6.07, 6.45) is 0. The van der Waals surface area contributed by atoms with E-state index in [0.29, 0.717) is 0 Å². The summed E-state index contributed by atoms with van der Waals surface area (Å²) < 4.78 is 1.08. The van der Waals surface area contributed by atoms with Crippen molar-refractivity contribution < 1.29 is 0 Å². The summed E-state index contributed by atoms with van der Waals surface area (Å²) in [7, 11) is 0. The van der Waals surface area contributed by atoms with Gasteiger partial charge in [-0.1, -0.05) is 57.4 Å². The molecule has 0 bridgehead atoms. The number of halogens is 1. The third kappa shape index (κ3) is 2.96. The van der Waals surface area contributed by atoms with Crippen molar-refractivity contribution in [2.45, 2.75) is 19.9 Å². The Morgan fingerprint density at radius 2 is 1.41 bits per heavy atom. The van der Waals surface area contributed by atoms with Gasteiger partial charge in [0.25, 0.3) is 0 Å². The summed E-state index contributed by atoms with van der Waals surface area (Å²) in [6, 6.07) is 14.6. The van der Waals surface area contributed by atoms with Gasteiger partial charge >= 0.3 is 0 Å². The maximum Gasteiger partial charge on any atom is 0.0551 e. The molecule has 0 aliphatic carbocycles. The van der Waals surface area contributed by atoms with Crippen LogP contribution in [0.3, 0.4) is 0 Å². The molecule has 0 saturated carbocycles. The molecule has 2 N–H and O–H groups in total. The van der Waals surface area contributed by atoms with E-state index in [9.17, 15) is 0 Å². The minimum Gasteiger partial charge on any atom is -0.320 e. The molecule has 1 atom stereocenters. The largest absolute Gasteiger partial charge is 0.320 e. The highest BCUT2D eigenvalue weighted by Gasteiger charge is 2.09. The van der Waals surface area contributed by atoms with Gasteiger partial charge in [-0.15, -0.1) is 0 Å². The first-order chi connectivity index (χ1) is 8.06. The third-order valence-corrected chi connectivity index (χ3v) is 3.36. The van der Waals surface area contributed by atoms with Crippen molar-refractivity contribution in [3.63, 3.8) is 0 Å². The van der Waals surface area contributed by atoms with Crippen molar-refractivity contribution in [2.75, 3.05) is 0 Å². The molecular weight excluding hydrogens is 274 g/mol. The molecule has 2 rings (SSSR count). The molecule has 0 aliphatic heterocycles. The molecule has 17 heavy (non-hydrogen) atoms. The Bertz CT molecular complexity index is 497. The fourth-order valence-corrected chi connectivity index (χ4v) is 2.32. The van der Waals surface area contributed by atoms with E-state index in [4.69, 9.17) is 5.73 Å². The number of nitrogens with two attached hydrogens (primary N) is 1. The van der Waals surface area contributed by atoms with Gasteiger partial charge in [-0.3, -0.25) is 0 Å². The van der Waals surface area contributed by atoms with Gasteiger partial charge < -0.3 is 5.73 Å². The van der Waals surface area contributed by atoms with Crippen molar-refractivity contribution in [1.82, 2.24) is 0 Å². The van der Waals surface area contributed by atoms with E-state index in [1.165, 1.54) is 16.7 Å². The molecular formula is C15H16BrN. The van der Waals surface area contributed by atoms with Crippen LogP contribution in [0.5, 0.6) is 0 Å². The Morgan fingerprint density at radius 3 is 1.94 bits per heavy atom. The van der Waals surface area contributed by atoms with Gasteiger partial charge in [0.2, 0.25) is 0 Å². The van der Waals surface area contributed by atoms with Gasteiger partial charge in [0.15, 0.2) is 0 Å². The average Bonchev–Trinajstić information content (AvgIpc) is 2.28. The minimum absolute atomic E-state index is 0.0540. The summed E-state index contributed by atoms with van der Waals surface area (Å²) in [5.74, 6) is 0. The first kappa shape index (κ1) is 12.3. The quantitative estimate of drug-likeness (QED) is 0.884. The molecule has 1 unspecified atom stereocenters. The predicted octanol–water partition coefficient (Wildman–Crippen LogP) is 4.11. The van der Waals surface area contributed by atoms with E-state index < -0.39 is 0 Å². The second-order valence-electron chi connectivity index (χ2n) is 4.45. The zero-order chi connectivity index (χ0) is 12.4. The summed E-state index contributed by atoms with van der Waals surface area (Å²) in [5.41, 5.74) is 11.1. The molecule has 0 aliphatic rings. The summed E-state index contributed by atoms with van der Waals surface area (Å²) in [4.78, 5) is 0. The first-order valence-corrected chi connectivity index (χ1v) is 6.45. The Kier molecular flexibility index (Phi) is 3.65. The van der Waals surface area contributed by atoms with Crippen molar-refractivity contribution in [2.24, 2.45) is 5.73 Å². The van der Waals surface area contributed by atoms with Crippen LogP contribution in [-0.4, -0.2) is 0 Å². The lowest BCUT2D eigenvalue weighted by Crippen LogP contribution is -2.12. The van der Waals surface area contributed by atoms with Crippen LogP contribution in [0, 0.1) is 13.8 Å². The minimum atomic E-state index is -0.0540. The summed E-state index contributed by atoms with van der Waals surface area (Å²) in [5, 5.41) is 0. The van der Waals surface area contributed by atoms with Crippen molar-refractivity contribution in [3.8, 4) is 0 Å². The van der Waals surface area contributed by atoms with Crippen molar-refractivity contribution in [1.29, 1.82) is 0 Å². The molecule has 0 amide bonds. The maximum absolute atomic E-state index is 6.29. The lowest BCUT2D eigenvalue weighted by Gasteiger charge is -2.14. The van der Waals surface area contributed by atoms with E-state index in [2.05, 4.69) is 60.1 Å². The zero-order valence-corrected chi connectivity index (χ0v) is 11.7. The molecule has 0 spiro atoms. The molecule has 0 radical (unpaired) electrons. The van der Waals surface area contributed by atoms with Crippen LogP contribution in [0.4, 0.5) is 0 Å². The highest BCUT2D eigenvalue weighted by molar-refractivity contribution is 9.10. The third-order valence-electron chi connectivity index (χ3n) is 2.83. The Hall–Kier alpha value is -1.12. The molecule has 0 fully saturated rings. The van der Waals surface area contributed by atoms with Gasteiger partial charge in [0.1, 0.15) is 0 Å². The van der Waals surface area contributed by atoms with E-state index in [0.717, 1.165) is 10.0 Å². The van der Waals surface area contributed by atoms with Crippen LogP contribution in [0.25, 0.3) is 0 Å². The molecule has 88 valence electrons. The molecule has 0 saturated heterocycles. The summed E-state index contributed by atoms with van der Waals surface area (Å²) in [6.45, 7) is 4.20. The second kappa shape index (κ2) is 5.03. The first-order valence-electron chi connectivity index (χ1n) is 5.65. The van der Waals surface area contributed by atoms with Crippen LogP contribution in [0.2, 0.25) is 0 Å². The number of rotatable bonds is 2. The van der Waals surface area contributed by atoms with Crippen molar-refractivity contribution >= 4 is 15.9 Å². The lowest BCUT2D eigenvalue weighted by molar-refractivity contribution is 0.867. The van der Waals surface area contributed by atoms with Gasteiger partial charge in [0.05, 0.1) is 6.04 Å². The van der Waals surface area contributed by atoms with Gasteiger partial charge in [-0.05, 0) is 37.1 Å². The molecule has 0 aromatic heterocycles. The number of benzene rings is 2. The number of aryl methyl sites for hydroxylation is 2. The van der Waals surface area contributed by atoms with Crippen LogP contribution >= 0.6 is 15.9 Å². The van der Waals surface area contributed by atoms with E-state index in [1.807, 2.05) is 12.1 Å². The smallest absolute Gasteiger partial charge is 0.0551 e. The monoisotopic (exact) mass is 289 g/mol.